The van der Waals surface area contributed by atoms with Gasteiger partial charge in [-0.05, 0) is 12.1 Å². The monoisotopic (exact) mass is 197 g/mol. The number of nitrogen functional groups attached to an aromatic ring is 1. The van der Waals surface area contributed by atoms with Gasteiger partial charge < -0.3 is 5.73 Å². The van der Waals surface area contributed by atoms with Gasteiger partial charge in [-0.15, -0.1) is 12.4 Å². The molecule has 0 atom stereocenters. The number of hydrogen-bond acceptors (Lipinski definition) is 1. The summed E-state index contributed by atoms with van der Waals surface area (Å²) in [6, 6.07) is 2.87. The van der Waals surface area contributed by atoms with Crippen LogP contribution in [0.3, 0.4) is 0 Å². The van der Waals surface area contributed by atoms with Crippen LogP contribution in [0.2, 0.25) is 0 Å². The van der Waals surface area contributed by atoms with Gasteiger partial charge in [0.05, 0.1) is 5.69 Å². The molecule has 1 aromatic carbocycles. The third-order valence-corrected chi connectivity index (χ3v) is 1.27. The highest BCUT2D eigenvalue weighted by Crippen LogP contribution is 2.21. The van der Waals surface area contributed by atoms with Crippen molar-refractivity contribution in [3.05, 3.63) is 29.6 Å². The Hall–Kier alpha value is -0.900. The molecule has 0 bridgehead atoms. The van der Waals surface area contributed by atoms with E-state index in [-0.39, 0.29) is 23.7 Å². The minimum Gasteiger partial charge on any atom is -0.396 e. The normalized spacial score (nSPS) is 9.67. The van der Waals surface area contributed by atoms with Crippen molar-refractivity contribution in [3.63, 3.8) is 0 Å². The van der Waals surface area contributed by atoms with Crippen molar-refractivity contribution in [1.29, 1.82) is 0 Å². The summed E-state index contributed by atoms with van der Waals surface area (Å²) >= 11 is 0. The summed E-state index contributed by atoms with van der Waals surface area (Å²) in [5.74, 6) is -0.672. The molecule has 0 aliphatic heterocycles. The maximum atomic E-state index is 12.4. The molecule has 0 amide bonds. The van der Waals surface area contributed by atoms with Crippen LogP contribution in [-0.4, -0.2) is 0 Å². The standard InChI is InChI=1S/C7H6F3N.ClH/c8-5-2-1-4(7(9)10)3-6(5)11;/h1-3,7H,11H2;1H. The molecule has 0 aliphatic rings. The third-order valence-electron chi connectivity index (χ3n) is 1.27. The van der Waals surface area contributed by atoms with Crippen LogP contribution in [0.15, 0.2) is 18.2 Å². The Kier molecular flexibility index (Phi) is 3.89. The van der Waals surface area contributed by atoms with Crippen LogP contribution in [0.25, 0.3) is 0 Å². The zero-order valence-electron chi connectivity index (χ0n) is 5.93. The Morgan fingerprint density at radius 3 is 2.25 bits per heavy atom. The van der Waals surface area contributed by atoms with Crippen molar-refractivity contribution < 1.29 is 13.2 Å². The zero-order valence-corrected chi connectivity index (χ0v) is 6.75. The number of halogens is 4. The molecular weight excluding hydrogens is 191 g/mol. The Morgan fingerprint density at radius 2 is 1.83 bits per heavy atom. The second-order valence-electron chi connectivity index (χ2n) is 2.08. The van der Waals surface area contributed by atoms with Crippen LogP contribution >= 0.6 is 12.4 Å². The largest absolute Gasteiger partial charge is 0.396 e. The van der Waals surface area contributed by atoms with Gasteiger partial charge in [-0.25, -0.2) is 13.2 Å². The van der Waals surface area contributed by atoms with Crippen LogP contribution in [-0.2, 0) is 0 Å². The van der Waals surface area contributed by atoms with E-state index in [1.165, 1.54) is 0 Å². The topological polar surface area (TPSA) is 26.0 Å². The fourth-order valence-corrected chi connectivity index (χ4v) is 0.698. The van der Waals surface area contributed by atoms with Crippen LogP contribution in [0.1, 0.15) is 12.0 Å². The first-order valence-electron chi connectivity index (χ1n) is 2.94. The molecule has 0 saturated heterocycles. The highest BCUT2D eigenvalue weighted by molar-refractivity contribution is 5.85. The molecule has 1 aromatic rings. The molecule has 68 valence electrons. The van der Waals surface area contributed by atoms with Crippen molar-refractivity contribution >= 4 is 18.1 Å². The van der Waals surface area contributed by atoms with Crippen LogP contribution in [0.4, 0.5) is 18.9 Å². The smallest absolute Gasteiger partial charge is 0.263 e. The van der Waals surface area contributed by atoms with Gasteiger partial charge in [-0.3, -0.25) is 0 Å². The Labute approximate surface area is 73.8 Å². The second-order valence-corrected chi connectivity index (χ2v) is 2.08. The molecule has 2 N–H and O–H groups in total. The molecule has 1 rings (SSSR count). The highest BCUT2D eigenvalue weighted by Gasteiger charge is 2.08. The number of benzene rings is 1. The van der Waals surface area contributed by atoms with Gasteiger partial charge in [0.2, 0.25) is 0 Å². The van der Waals surface area contributed by atoms with E-state index >= 15 is 0 Å². The first kappa shape index (κ1) is 11.1. The summed E-state index contributed by atoms with van der Waals surface area (Å²) in [5.41, 5.74) is 4.54. The summed E-state index contributed by atoms with van der Waals surface area (Å²) in [6.45, 7) is 0. The van der Waals surface area contributed by atoms with Gasteiger partial charge >= 0.3 is 0 Å². The van der Waals surface area contributed by atoms with E-state index in [1.54, 1.807) is 0 Å². The van der Waals surface area contributed by atoms with Crippen molar-refractivity contribution in [3.8, 4) is 0 Å². The maximum Gasteiger partial charge on any atom is 0.263 e. The van der Waals surface area contributed by atoms with Crippen molar-refractivity contribution in [2.75, 3.05) is 5.73 Å². The van der Waals surface area contributed by atoms with E-state index in [0.29, 0.717) is 0 Å². The Morgan fingerprint density at radius 1 is 1.25 bits per heavy atom. The lowest BCUT2D eigenvalue weighted by atomic mass is 10.2. The second kappa shape index (κ2) is 4.21. The number of alkyl halides is 2. The minimum absolute atomic E-state index is 0. The molecule has 0 spiro atoms. The summed E-state index contributed by atoms with van der Waals surface area (Å²) in [5, 5.41) is 0. The summed E-state index contributed by atoms with van der Waals surface area (Å²) in [7, 11) is 0. The lowest BCUT2D eigenvalue weighted by molar-refractivity contribution is 0.151. The fourth-order valence-electron chi connectivity index (χ4n) is 0.698. The summed E-state index contributed by atoms with van der Waals surface area (Å²) < 4.78 is 36.2. The van der Waals surface area contributed by atoms with E-state index < -0.39 is 12.2 Å². The molecular formula is C7H7ClF3N. The van der Waals surface area contributed by atoms with E-state index in [1.807, 2.05) is 0 Å². The first-order valence-corrected chi connectivity index (χ1v) is 2.94. The predicted octanol–water partition coefficient (Wildman–Crippen LogP) is 2.77. The van der Waals surface area contributed by atoms with Crippen LogP contribution in [0.5, 0.6) is 0 Å². The average Bonchev–Trinajstić information content (AvgIpc) is 1.94. The molecule has 0 unspecified atom stereocenters. The van der Waals surface area contributed by atoms with Crippen LogP contribution < -0.4 is 5.73 Å². The molecule has 0 saturated carbocycles. The van der Waals surface area contributed by atoms with Gasteiger partial charge in [0, 0.05) is 5.56 Å². The molecule has 12 heavy (non-hydrogen) atoms. The quantitative estimate of drug-likeness (QED) is 0.689. The molecule has 0 radical (unpaired) electrons. The molecule has 0 heterocycles. The minimum atomic E-state index is -2.60. The lowest BCUT2D eigenvalue weighted by Crippen LogP contribution is -1.92. The molecule has 1 nitrogen and oxygen atoms in total. The predicted molar refractivity (Wildman–Crippen MR) is 43.0 cm³/mol. The molecule has 0 fully saturated rings. The first-order chi connectivity index (χ1) is 5.11. The number of anilines is 1. The Balaban J connectivity index is 0.00000121. The fraction of sp³-hybridized carbons (Fsp3) is 0.143. The van der Waals surface area contributed by atoms with Gasteiger partial charge in [0.15, 0.2) is 0 Å². The van der Waals surface area contributed by atoms with Gasteiger partial charge in [0.1, 0.15) is 5.82 Å². The van der Waals surface area contributed by atoms with Crippen LogP contribution in [0, 0.1) is 5.82 Å². The Bertz CT molecular complexity index is 265. The summed E-state index contributed by atoms with van der Waals surface area (Å²) in [4.78, 5) is 0. The van der Waals surface area contributed by atoms with E-state index in [2.05, 4.69) is 0 Å². The van der Waals surface area contributed by atoms with E-state index in [9.17, 15) is 13.2 Å². The van der Waals surface area contributed by atoms with Gasteiger partial charge in [0.25, 0.3) is 6.43 Å². The lowest BCUT2D eigenvalue weighted by Gasteiger charge is -2.00. The third kappa shape index (κ3) is 2.30. The number of nitrogens with two attached hydrogens (primary N) is 1. The van der Waals surface area contributed by atoms with Crippen molar-refractivity contribution in [1.82, 2.24) is 0 Å². The molecule has 0 aromatic heterocycles. The van der Waals surface area contributed by atoms with Crippen molar-refractivity contribution in [2.24, 2.45) is 0 Å². The highest BCUT2D eigenvalue weighted by atomic mass is 35.5. The number of rotatable bonds is 1. The zero-order chi connectivity index (χ0) is 8.43. The van der Waals surface area contributed by atoms with E-state index in [4.69, 9.17) is 5.73 Å². The summed E-state index contributed by atoms with van der Waals surface area (Å²) in [6.07, 6.45) is -2.60. The van der Waals surface area contributed by atoms with Crippen molar-refractivity contribution in [2.45, 2.75) is 6.43 Å². The van der Waals surface area contributed by atoms with Gasteiger partial charge in [-0.2, -0.15) is 0 Å². The maximum absolute atomic E-state index is 12.4. The SMILES string of the molecule is Cl.Nc1cc(C(F)F)ccc1F. The number of hydrogen-bond donors (Lipinski definition) is 1. The van der Waals surface area contributed by atoms with E-state index in [0.717, 1.165) is 18.2 Å². The molecule has 0 aliphatic carbocycles. The van der Waals surface area contributed by atoms with Gasteiger partial charge in [-0.1, -0.05) is 6.07 Å². The average molecular weight is 198 g/mol. The molecule has 5 heteroatoms.